The van der Waals surface area contributed by atoms with E-state index < -0.39 is 17.8 Å². The Morgan fingerprint density at radius 3 is 2.50 bits per heavy atom. The Morgan fingerprint density at radius 1 is 1.20 bits per heavy atom. The highest BCUT2D eigenvalue weighted by molar-refractivity contribution is 6.29. The number of halogens is 4. The molecule has 104 valence electrons. The van der Waals surface area contributed by atoms with Crippen LogP contribution < -0.4 is 5.32 Å². The predicted octanol–water partition coefficient (Wildman–Crippen LogP) is 2.80. The molecule has 0 saturated carbocycles. The Labute approximate surface area is 115 Å². The maximum atomic E-state index is 12.3. The largest absolute Gasteiger partial charge is 0.433 e. The van der Waals surface area contributed by atoms with Crippen LogP contribution >= 0.6 is 11.6 Å². The molecule has 0 atom stereocenters. The van der Waals surface area contributed by atoms with E-state index in [1.54, 1.807) is 0 Å². The molecule has 2 aromatic rings. The summed E-state index contributed by atoms with van der Waals surface area (Å²) in [6.45, 7) is 0. The number of rotatable bonds is 2. The molecule has 2 heterocycles. The third-order valence-corrected chi connectivity index (χ3v) is 2.34. The highest BCUT2D eigenvalue weighted by atomic mass is 35.5. The van der Waals surface area contributed by atoms with Crippen molar-refractivity contribution >= 4 is 23.3 Å². The summed E-state index contributed by atoms with van der Waals surface area (Å²) in [7, 11) is 0. The van der Waals surface area contributed by atoms with Crippen molar-refractivity contribution in [3.8, 4) is 0 Å². The first-order valence-corrected chi connectivity index (χ1v) is 5.56. The molecule has 0 unspecified atom stereocenters. The smallest absolute Gasteiger partial charge is 0.305 e. The lowest BCUT2D eigenvalue weighted by molar-refractivity contribution is -0.141. The molecule has 0 saturated heterocycles. The first-order chi connectivity index (χ1) is 9.36. The van der Waals surface area contributed by atoms with Crippen LogP contribution in [0.25, 0.3) is 0 Å². The zero-order valence-electron chi connectivity index (χ0n) is 9.65. The first-order valence-electron chi connectivity index (χ1n) is 5.18. The molecule has 0 aliphatic carbocycles. The van der Waals surface area contributed by atoms with Crippen molar-refractivity contribution in [2.75, 3.05) is 5.32 Å². The maximum absolute atomic E-state index is 12.3. The molecule has 0 bridgehead atoms. The van der Waals surface area contributed by atoms with Gasteiger partial charge in [0, 0.05) is 6.20 Å². The normalized spacial score (nSPS) is 11.2. The van der Waals surface area contributed by atoms with Crippen molar-refractivity contribution in [2.24, 2.45) is 0 Å². The molecule has 0 spiro atoms. The van der Waals surface area contributed by atoms with Crippen molar-refractivity contribution in [1.29, 1.82) is 0 Å². The Balaban J connectivity index is 2.14. The molecule has 0 radical (unpaired) electrons. The summed E-state index contributed by atoms with van der Waals surface area (Å²) in [6, 6.07) is 1.74. The van der Waals surface area contributed by atoms with E-state index >= 15 is 0 Å². The molecule has 2 rings (SSSR count). The highest BCUT2D eigenvalue weighted by Crippen LogP contribution is 2.27. The van der Waals surface area contributed by atoms with Crippen LogP contribution in [-0.4, -0.2) is 20.9 Å². The van der Waals surface area contributed by atoms with Gasteiger partial charge in [-0.25, -0.2) is 4.98 Å². The standard InChI is InChI=1S/C11H6ClF3N4O/c12-8-4-16-5-9(18-8)19-10(20)6-1-2-7(17-3-6)11(13,14)15/h1-5H,(H,18,19,20). The monoisotopic (exact) mass is 302 g/mol. The minimum absolute atomic E-state index is 0.0419. The second-order valence-electron chi connectivity index (χ2n) is 3.61. The summed E-state index contributed by atoms with van der Waals surface area (Å²) in [5.74, 6) is -0.579. The fraction of sp³-hybridized carbons (Fsp3) is 0.0909. The van der Waals surface area contributed by atoms with Gasteiger partial charge >= 0.3 is 6.18 Å². The number of amides is 1. The summed E-state index contributed by atoms with van der Waals surface area (Å²) >= 11 is 5.58. The van der Waals surface area contributed by atoms with Gasteiger partial charge in [0.25, 0.3) is 5.91 Å². The molecule has 1 N–H and O–H groups in total. The molecule has 2 aromatic heterocycles. The van der Waals surface area contributed by atoms with E-state index in [2.05, 4.69) is 20.3 Å². The highest BCUT2D eigenvalue weighted by Gasteiger charge is 2.32. The third-order valence-electron chi connectivity index (χ3n) is 2.16. The van der Waals surface area contributed by atoms with E-state index in [1.165, 1.54) is 12.4 Å². The second kappa shape index (κ2) is 5.41. The number of nitrogens with one attached hydrogen (secondary N) is 1. The fourth-order valence-corrected chi connectivity index (χ4v) is 1.43. The van der Waals surface area contributed by atoms with Gasteiger partial charge in [0.15, 0.2) is 5.82 Å². The van der Waals surface area contributed by atoms with Gasteiger partial charge in [-0.15, -0.1) is 0 Å². The van der Waals surface area contributed by atoms with E-state index in [-0.39, 0.29) is 16.5 Å². The Hall–Kier alpha value is -2.22. The topological polar surface area (TPSA) is 67.8 Å². The van der Waals surface area contributed by atoms with Gasteiger partial charge in [-0.1, -0.05) is 11.6 Å². The number of carbonyl (C=O) groups excluding carboxylic acids is 1. The summed E-state index contributed by atoms with van der Waals surface area (Å²) < 4.78 is 36.9. The van der Waals surface area contributed by atoms with E-state index in [0.29, 0.717) is 0 Å². The van der Waals surface area contributed by atoms with Crippen molar-refractivity contribution in [2.45, 2.75) is 6.18 Å². The van der Waals surface area contributed by atoms with Gasteiger partial charge in [-0.05, 0) is 12.1 Å². The number of aromatic nitrogens is 3. The predicted molar refractivity (Wildman–Crippen MR) is 64.2 cm³/mol. The van der Waals surface area contributed by atoms with Crippen molar-refractivity contribution in [1.82, 2.24) is 15.0 Å². The van der Waals surface area contributed by atoms with Crippen LogP contribution in [0.4, 0.5) is 19.0 Å². The van der Waals surface area contributed by atoms with Crippen LogP contribution in [-0.2, 0) is 6.18 Å². The number of anilines is 1. The van der Waals surface area contributed by atoms with Crippen LogP contribution in [0, 0.1) is 0 Å². The van der Waals surface area contributed by atoms with Crippen LogP contribution in [0.15, 0.2) is 30.7 Å². The van der Waals surface area contributed by atoms with Gasteiger partial charge in [0.05, 0.1) is 18.0 Å². The lowest BCUT2D eigenvalue weighted by Gasteiger charge is -2.07. The Bertz CT molecular complexity index is 630. The van der Waals surface area contributed by atoms with Crippen LogP contribution in [0.1, 0.15) is 16.1 Å². The molecule has 0 aromatic carbocycles. The van der Waals surface area contributed by atoms with Crippen LogP contribution in [0.5, 0.6) is 0 Å². The first kappa shape index (κ1) is 14.2. The second-order valence-corrected chi connectivity index (χ2v) is 4.00. The number of nitrogens with zero attached hydrogens (tertiary/aromatic N) is 3. The van der Waals surface area contributed by atoms with Gasteiger partial charge in [0.1, 0.15) is 10.8 Å². The molecule has 20 heavy (non-hydrogen) atoms. The summed E-state index contributed by atoms with van der Waals surface area (Å²) in [4.78, 5) is 22.4. The average Bonchev–Trinajstić information content (AvgIpc) is 2.38. The van der Waals surface area contributed by atoms with Gasteiger partial charge < -0.3 is 5.32 Å². The Morgan fingerprint density at radius 2 is 1.95 bits per heavy atom. The molecule has 9 heteroatoms. The maximum Gasteiger partial charge on any atom is 0.433 e. The van der Waals surface area contributed by atoms with Crippen molar-refractivity contribution in [3.05, 3.63) is 47.1 Å². The molecular weight excluding hydrogens is 297 g/mol. The summed E-state index contributed by atoms with van der Waals surface area (Å²) in [6.07, 6.45) is -1.19. The molecule has 0 aliphatic rings. The van der Waals surface area contributed by atoms with Crippen molar-refractivity contribution < 1.29 is 18.0 Å². The number of pyridine rings is 1. The number of alkyl halides is 3. The van der Waals surface area contributed by atoms with Gasteiger partial charge in [-0.3, -0.25) is 14.8 Å². The molecule has 5 nitrogen and oxygen atoms in total. The minimum atomic E-state index is -4.55. The molecule has 1 amide bonds. The molecule has 0 fully saturated rings. The van der Waals surface area contributed by atoms with Crippen LogP contribution in [0.2, 0.25) is 5.15 Å². The van der Waals surface area contributed by atoms with E-state index in [1.807, 2.05) is 0 Å². The van der Waals surface area contributed by atoms with E-state index in [0.717, 1.165) is 18.3 Å². The van der Waals surface area contributed by atoms with E-state index in [4.69, 9.17) is 11.6 Å². The number of hydrogen-bond acceptors (Lipinski definition) is 4. The van der Waals surface area contributed by atoms with Gasteiger partial charge in [0.2, 0.25) is 0 Å². The quantitative estimate of drug-likeness (QED) is 0.926. The zero-order chi connectivity index (χ0) is 14.8. The Kier molecular flexibility index (Phi) is 3.84. The fourth-order valence-electron chi connectivity index (χ4n) is 1.29. The average molecular weight is 303 g/mol. The van der Waals surface area contributed by atoms with Crippen LogP contribution in [0.3, 0.4) is 0 Å². The molecular formula is C11H6ClF3N4O. The van der Waals surface area contributed by atoms with Crippen molar-refractivity contribution in [3.63, 3.8) is 0 Å². The zero-order valence-corrected chi connectivity index (χ0v) is 10.4. The summed E-state index contributed by atoms with van der Waals surface area (Å²) in [5, 5.41) is 2.42. The SMILES string of the molecule is O=C(Nc1cncc(Cl)n1)c1ccc(C(F)(F)F)nc1. The lowest BCUT2D eigenvalue weighted by atomic mass is 10.2. The van der Waals surface area contributed by atoms with Gasteiger partial charge in [-0.2, -0.15) is 13.2 Å². The number of hydrogen-bond donors (Lipinski definition) is 1. The number of carbonyl (C=O) groups is 1. The summed E-state index contributed by atoms with van der Waals surface area (Å²) in [5.41, 5.74) is -1.11. The lowest BCUT2D eigenvalue weighted by Crippen LogP contribution is -2.15. The van der Waals surface area contributed by atoms with E-state index in [9.17, 15) is 18.0 Å². The third kappa shape index (κ3) is 3.41. The minimum Gasteiger partial charge on any atom is -0.305 e. The molecule has 0 aliphatic heterocycles.